The summed E-state index contributed by atoms with van der Waals surface area (Å²) in [6.45, 7) is 1.57. The number of benzene rings is 1. The van der Waals surface area contributed by atoms with Crippen molar-refractivity contribution in [1.82, 2.24) is 4.90 Å². The van der Waals surface area contributed by atoms with E-state index < -0.39 is 12.2 Å². The van der Waals surface area contributed by atoms with Crippen LogP contribution in [0.4, 0.5) is 15.3 Å². The van der Waals surface area contributed by atoms with Crippen molar-refractivity contribution in [3.05, 3.63) is 29.3 Å². The first-order chi connectivity index (χ1) is 7.40. The zero-order valence-corrected chi connectivity index (χ0v) is 8.67. The quantitative estimate of drug-likeness (QED) is 0.663. The van der Waals surface area contributed by atoms with E-state index >= 15 is 0 Å². The molecule has 0 aliphatic rings. The first-order valence-corrected chi connectivity index (χ1v) is 4.49. The van der Waals surface area contributed by atoms with E-state index in [0.29, 0.717) is 16.2 Å². The van der Waals surface area contributed by atoms with Crippen LogP contribution in [0.3, 0.4) is 0 Å². The van der Waals surface area contributed by atoms with Crippen molar-refractivity contribution in [1.29, 1.82) is 0 Å². The maximum absolute atomic E-state index is 10.6. The molecule has 16 heavy (non-hydrogen) atoms. The Labute approximate surface area is 91.9 Å². The fourth-order valence-electron chi connectivity index (χ4n) is 1.39. The second-order valence-electron chi connectivity index (χ2n) is 3.40. The van der Waals surface area contributed by atoms with E-state index in [1.165, 1.54) is 0 Å². The summed E-state index contributed by atoms with van der Waals surface area (Å²) in [4.78, 5) is 21.6. The van der Waals surface area contributed by atoms with Crippen LogP contribution in [0, 0.1) is 6.92 Å². The standard InChI is InChI=1S/C10H12N2O4/c1-6-2-7(4-8(11)3-6)5-12(9(13)14)10(15)16/h2-4H,5,11H2,1H3,(H,13,14)(H,15,16). The summed E-state index contributed by atoms with van der Waals surface area (Å²) in [5.41, 5.74) is 7.45. The summed E-state index contributed by atoms with van der Waals surface area (Å²) in [5, 5.41) is 17.3. The smallest absolute Gasteiger partial charge is 0.417 e. The van der Waals surface area contributed by atoms with Gasteiger partial charge in [0.2, 0.25) is 0 Å². The normalized spacial score (nSPS) is 9.81. The Hall–Kier alpha value is -2.24. The van der Waals surface area contributed by atoms with Gasteiger partial charge in [-0.2, -0.15) is 0 Å². The third-order valence-electron chi connectivity index (χ3n) is 1.96. The Morgan fingerprint density at radius 1 is 1.25 bits per heavy atom. The maximum atomic E-state index is 10.6. The van der Waals surface area contributed by atoms with Crippen LogP contribution >= 0.6 is 0 Å². The number of nitrogens with zero attached hydrogens (tertiary/aromatic N) is 1. The number of carboxylic acid groups (broad SMARTS) is 2. The zero-order valence-electron chi connectivity index (χ0n) is 8.67. The molecule has 0 aromatic heterocycles. The fourth-order valence-corrected chi connectivity index (χ4v) is 1.39. The molecular formula is C10H12N2O4. The summed E-state index contributed by atoms with van der Waals surface area (Å²) in [5.74, 6) is 0. The van der Waals surface area contributed by atoms with E-state index in [4.69, 9.17) is 15.9 Å². The molecule has 0 spiro atoms. The Bertz CT molecular complexity index is 397. The summed E-state index contributed by atoms with van der Waals surface area (Å²) < 4.78 is 0. The van der Waals surface area contributed by atoms with Crippen molar-refractivity contribution >= 4 is 17.9 Å². The second-order valence-corrected chi connectivity index (χ2v) is 3.40. The second kappa shape index (κ2) is 4.52. The SMILES string of the molecule is Cc1cc(N)cc(CN(C(=O)O)C(=O)O)c1. The number of hydrogen-bond acceptors (Lipinski definition) is 3. The molecule has 0 saturated heterocycles. The third-order valence-corrected chi connectivity index (χ3v) is 1.96. The Kier molecular flexibility index (Phi) is 3.34. The first-order valence-electron chi connectivity index (χ1n) is 4.49. The van der Waals surface area contributed by atoms with Gasteiger partial charge in [-0.25, -0.2) is 14.5 Å². The number of nitrogen functional groups attached to an aromatic ring is 1. The molecule has 0 aliphatic carbocycles. The van der Waals surface area contributed by atoms with E-state index in [9.17, 15) is 9.59 Å². The highest BCUT2D eigenvalue weighted by atomic mass is 16.4. The van der Waals surface area contributed by atoms with Crippen molar-refractivity contribution < 1.29 is 19.8 Å². The molecule has 1 aromatic rings. The lowest BCUT2D eigenvalue weighted by molar-refractivity contribution is 0.120. The van der Waals surface area contributed by atoms with Gasteiger partial charge in [0.1, 0.15) is 0 Å². The van der Waals surface area contributed by atoms with Gasteiger partial charge in [-0.05, 0) is 30.2 Å². The predicted octanol–water partition coefficient (Wildman–Crippen LogP) is 1.74. The minimum Gasteiger partial charge on any atom is -0.465 e. The van der Waals surface area contributed by atoms with Crippen LogP contribution in [-0.2, 0) is 6.54 Å². The Morgan fingerprint density at radius 3 is 2.25 bits per heavy atom. The van der Waals surface area contributed by atoms with Crippen molar-refractivity contribution in [2.24, 2.45) is 0 Å². The van der Waals surface area contributed by atoms with Crippen LogP contribution in [0.5, 0.6) is 0 Å². The molecule has 0 saturated carbocycles. The zero-order chi connectivity index (χ0) is 12.3. The van der Waals surface area contributed by atoms with Crippen LogP contribution in [0.15, 0.2) is 18.2 Å². The minimum absolute atomic E-state index is 0.226. The molecule has 86 valence electrons. The number of hydrogen-bond donors (Lipinski definition) is 3. The molecule has 0 aliphatic heterocycles. The molecule has 0 atom stereocenters. The number of amides is 2. The molecule has 2 amide bonds. The van der Waals surface area contributed by atoms with Gasteiger partial charge in [0.05, 0.1) is 6.54 Å². The highest BCUT2D eigenvalue weighted by Crippen LogP contribution is 2.13. The summed E-state index contributed by atoms with van der Waals surface area (Å²) >= 11 is 0. The highest BCUT2D eigenvalue weighted by Gasteiger charge is 2.19. The molecule has 0 fully saturated rings. The number of rotatable bonds is 2. The number of aryl methyl sites for hydroxylation is 1. The van der Waals surface area contributed by atoms with Gasteiger partial charge >= 0.3 is 12.2 Å². The van der Waals surface area contributed by atoms with Gasteiger partial charge < -0.3 is 15.9 Å². The van der Waals surface area contributed by atoms with E-state index in [1.807, 2.05) is 0 Å². The number of anilines is 1. The topological polar surface area (TPSA) is 104 Å². The number of imide groups is 1. The monoisotopic (exact) mass is 224 g/mol. The van der Waals surface area contributed by atoms with Crippen molar-refractivity contribution in [2.45, 2.75) is 13.5 Å². The van der Waals surface area contributed by atoms with Gasteiger partial charge in [0.25, 0.3) is 0 Å². The maximum Gasteiger partial charge on any atom is 0.417 e. The number of nitrogens with two attached hydrogens (primary N) is 1. The minimum atomic E-state index is -1.51. The summed E-state index contributed by atoms with van der Waals surface area (Å²) in [7, 11) is 0. The van der Waals surface area contributed by atoms with Gasteiger partial charge in [0.15, 0.2) is 0 Å². The molecule has 1 rings (SSSR count). The highest BCUT2D eigenvalue weighted by molar-refractivity contribution is 5.85. The van der Waals surface area contributed by atoms with Crippen molar-refractivity contribution in [2.75, 3.05) is 5.73 Å². The fraction of sp³-hybridized carbons (Fsp3) is 0.200. The van der Waals surface area contributed by atoms with Crippen LogP contribution in [0.25, 0.3) is 0 Å². The van der Waals surface area contributed by atoms with Crippen molar-refractivity contribution in [3.8, 4) is 0 Å². The average molecular weight is 224 g/mol. The molecule has 0 bridgehead atoms. The van der Waals surface area contributed by atoms with E-state index in [1.54, 1.807) is 25.1 Å². The van der Waals surface area contributed by atoms with Gasteiger partial charge in [-0.3, -0.25) is 0 Å². The lowest BCUT2D eigenvalue weighted by Crippen LogP contribution is -2.33. The van der Waals surface area contributed by atoms with Crippen LogP contribution in [0.1, 0.15) is 11.1 Å². The van der Waals surface area contributed by atoms with Gasteiger partial charge in [-0.15, -0.1) is 0 Å². The Morgan fingerprint density at radius 2 is 1.81 bits per heavy atom. The molecule has 1 aromatic carbocycles. The molecule has 0 radical (unpaired) electrons. The molecule has 6 nitrogen and oxygen atoms in total. The van der Waals surface area contributed by atoms with Crippen LogP contribution < -0.4 is 5.73 Å². The molecule has 4 N–H and O–H groups in total. The van der Waals surface area contributed by atoms with Gasteiger partial charge in [-0.1, -0.05) is 6.07 Å². The van der Waals surface area contributed by atoms with E-state index in [-0.39, 0.29) is 6.54 Å². The van der Waals surface area contributed by atoms with Crippen LogP contribution in [-0.4, -0.2) is 27.3 Å². The molecule has 0 heterocycles. The lowest BCUT2D eigenvalue weighted by atomic mass is 10.1. The average Bonchev–Trinajstić information content (AvgIpc) is 2.11. The van der Waals surface area contributed by atoms with E-state index in [2.05, 4.69) is 0 Å². The Balaban J connectivity index is 2.93. The van der Waals surface area contributed by atoms with Crippen LogP contribution in [0.2, 0.25) is 0 Å². The van der Waals surface area contributed by atoms with Gasteiger partial charge in [0, 0.05) is 5.69 Å². The number of carbonyl (C=O) groups is 2. The first kappa shape index (κ1) is 11.8. The summed E-state index contributed by atoms with van der Waals surface area (Å²) in [6.07, 6.45) is -3.01. The summed E-state index contributed by atoms with van der Waals surface area (Å²) in [6, 6.07) is 4.95. The third kappa shape index (κ3) is 2.88. The molecule has 0 unspecified atom stereocenters. The molecular weight excluding hydrogens is 212 g/mol. The van der Waals surface area contributed by atoms with Crippen molar-refractivity contribution in [3.63, 3.8) is 0 Å². The predicted molar refractivity (Wildman–Crippen MR) is 57.2 cm³/mol. The van der Waals surface area contributed by atoms with E-state index in [0.717, 1.165) is 5.56 Å². The lowest BCUT2D eigenvalue weighted by Gasteiger charge is -2.14. The molecule has 6 heteroatoms. The largest absolute Gasteiger partial charge is 0.465 e.